The molecule has 17 heavy (non-hydrogen) atoms. The third-order valence-electron chi connectivity index (χ3n) is 1.74. The van der Waals surface area contributed by atoms with Gasteiger partial charge in [-0.1, -0.05) is 0 Å². The minimum atomic E-state index is -0.649. The van der Waals surface area contributed by atoms with E-state index in [2.05, 4.69) is 5.32 Å². The Morgan fingerprint density at radius 3 is 2.59 bits per heavy atom. The fourth-order valence-corrected chi connectivity index (χ4v) is 1.65. The highest BCUT2D eigenvalue weighted by Gasteiger charge is 2.15. The highest BCUT2D eigenvalue weighted by Crippen LogP contribution is 2.01. The van der Waals surface area contributed by atoms with Gasteiger partial charge in [-0.05, 0) is 13.8 Å². The third-order valence-corrected chi connectivity index (χ3v) is 2.72. The molecule has 0 aliphatic rings. The molecule has 0 aliphatic heterocycles. The maximum Gasteiger partial charge on any atom is 0.328 e. The van der Waals surface area contributed by atoms with Gasteiger partial charge in [-0.25, -0.2) is 4.79 Å². The Morgan fingerprint density at radius 1 is 1.41 bits per heavy atom. The minimum absolute atomic E-state index is 0.195. The molecule has 0 bridgehead atoms. The molecule has 0 saturated carbocycles. The molecule has 0 heterocycles. The van der Waals surface area contributed by atoms with Crippen molar-refractivity contribution in [1.82, 2.24) is 5.32 Å². The summed E-state index contributed by atoms with van der Waals surface area (Å²) in [7, 11) is 0. The number of hydrogen-bond donors (Lipinski definition) is 2. The van der Waals surface area contributed by atoms with Crippen molar-refractivity contribution in [3.63, 3.8) is 0 Å². The standard InChI is InChI=1S/C10H18N2O4S/c1-3-16-10(15)7(2)12-9(14)4-5-17-6-8(11)13/h7H,3-6H2,1-2H3,(H2,11,13)(H,12,14). The van der Waals surface area contributed by atoms with E-state index in [-0.39, 0.29) is 24.7 Å². The van der Waals surface area contributed by atoms with E-state index in [4.69, 9.17) is 10.5 Å². The van der Waals surface area contributed by atoms with Crippen molar-refractivity contribution in [1.29, 1.82) is 0 Å². The van der Waals surface area contributed by atoms with E-state index in [0.717, 1.165) is 0 Å². The number of hydrogen-bond acceptors (Lipinski definition) is 5. The molecule has 0 spiro atoms. The SMILES string of the molecule is CCOC(=O)C(C)NC(=O)CCSCC(N)=O. The van der Waals surface area contributed by atoms with Gasteiger partial charge in [0.1, 0.15) is 6.04 Å². The van der Waals surface area contributed by atoms with E-state index < -0.39 is 17.9 Å². The Balaban J connectivity index is 3.71. The number of carbonyl (C=O) groups excluding carboxylic acids is 3. The van der Waals surface area contributed by atoms with Gasteiger partial charge in [0.05, 0.1) is 12.4 Å². The minimum Gasteiger partial charge on any atom is -0.464 e. The summed E-state index contributed by atoms with van der Waals surface area (Å²) in [4.78, 5) is 33.0. The van der Waals surface area contributed by atoms with Crippen molar-refractivity contribution < 1.29 is 19.1 Å². The lowest BCUT2D eigenvalue weighted by Crippen LogP contribution is -2.39. The lowest BCUT2D eigenvalue weighted by atomic mass is 10.3. The van der Waals surface area contributed by atoms with Crippen molar-refractivity contribution in [2.75, 3.05) is 18.1 Å². The number of nitrogens with two attached hydrogens (primary N) is 1. The number of thioether (sulfide) groups is 1. The molecule has 0 rings (SSSR count). The molecule has 0 aliphatic carbocycles. The summed E-state index contributed by atoms with van der Waals surface area (Å²) in [6, 6.07) is -0.649. The lowest BCUT2D eigenvalue weighted by Gasteiger charge is -2.12. The predicted molar refractivity (Wildman–Crippen MR) is 65.4 cm³/mol. The average molecular weight is 262 g/mol. The van der Waals surface area contributed by atoms with Gasteiger partial charge in [0, 0.05) is 12.2 Å². The second-order valence-corrected chi connectivity index (χ2v) is 4.42. The Kier molecular flexibility index (Phi) is 8.21. The molecule has 2 amide bonds. The van der Waals surface area contributed by atoms with E-state index in [1.807, 2.05) is 0 Å². The summed E-state index contributed by atoms with van der Waals surface area (Å²) in [5, 5.41) is 2.51. The quantitative estimate of drug-likeness (QED) is 0.461. The zero-order chi connectivity index (χ0) is 13.3. The molecular weight excluding hydrogens is 244 g/mol. The molecular formula is C10H18N2O4S. The van der Waals surface area contributed by atoms with Crippen LogP contribution in [0.1, 0.15) is 20.3 Å². The van der Waals surface area contributed by atoms with E-state index in [9.17, 15) is 14.4 Å². The fourth-order valence-electron chi connectivity index (χ4n) is 0.977. The number of rotatable bonds is 8. The van der Waals surface area contributed by atoms with E-state index in [1.54, 1.807) is 13.8 Å². The first kappa shape index (κ1) is 15.8. The van der Waals surface area contributed by atoms with E-state index >= 15 is 0 Å². The van der Waals surface area contributed by atoms with Gasteiger partial charge in [-0.15, -0.1) is 0 Å². The van der Waals surface area contributed by atoms with Crippen LogP contribution in [0.3, 0.4) is 0 Å². The second-order valence-electron chi connectivity index (χ2n) is 3.31. The van der Waals surface area contributed by atoms with Gasteiger partial charge >= 0.3 is 5.97 Å². The number of carbonyl (C=O) groups is 3. The normalized spacial score (nSPS) is 11.6. The van der Waals surface area contributed by atoms with Crippen LogP contribution in [0.2, 0.25) is 0 Å². The highest BCUT2D eigenvalue weighted by atomic mass is 32.2. The maximum atomic E-state index is 11.4. The molecule has 0 fully saturated rings. The van der Waals surface area contributed by atoms with Gasteiger partial charge in [-0.2, -0.15) is 11.8 Å². The van der Waals surface area contributed by atoms with Gasteiger partial charge in [-0.3, -0.25) is 9.59 Å². The molecule has 6 nitrogen and oxygen atoms in total. The van der Waals surface area contributed by atoms with Crippen LogP contribution >= 0.6 is 11.8 Å². The number of esters is 1. The average Bonchev–Trinajstić information content (AvgIpc) is 2.24. The highest BCUT2D eigenvalue weighted by molar-refractivity contribution is 7.99. The largest absolute Gasteiger partial charge is 0.464 e. The Morgan fingerprint density at radius 2 is 2.06 bits per heavy atom. The van der Waals surface area contributed by atoms with Crippen LogP contribution in [-0.4, -0.2) is 41.9 Å². The van der Waals surface area contributed by atoms with Crippen LogP contribution in [-0.2, 0) is 19.1 Å². The molecule has 3 N–H and O–H groups in total. The van der Waals surface area contributed by atoms with E-state index in [1.165, 1.54) is 11.8 Å². The van der Waals surface area contributed by atoms with Gasteiger partial charge in [0.25, 0.3) is 0 Å². The summed E-state index contributed by atoms with van der Waals surface area (Å²) in [6.45, 7) is 3.55. The topological polar surface area (TPSA) is 98.5 Å². The zero-order valence-corrected chi connectivity index (χ0v) is 10.8. The van der Waals surface area contributed by atoms with Crippen molar-refractivity contribution in [2.45, 2.75) is 26.3 Å². The van der Waals surface area contributed by atoms with Crippen LogP contribution in [0, 0.1) is 0 Å². The zero-order valence-electron chi connectivity index (χ0n) is 10.0. The van der Waals surface area contributed by atoms with E-state index in [0.29, 0.717) is 5.75 Å². The Labute approximate surface area is 105 Å². The van der Waals surface area contributed by atoms with Crippen LogP contribution < -0.4 is 11.1 Å². The predicted octanol–water partition coefficient (Wildman–Crippen LogP) is -0.337. The van der Waals surface area contributed by atoms with Gasteiger partial charge in [0.2, 0.25) is 11.8 Å². The number of nitrogens with one attached hydrogen (secondary N) is 1. The summed E-state index contributed by atoms with van der Waals surface area (Å²) in [5.41, 5.74) is 4.94. The van der Waals surface area contributed by atoms with Gasteiger partial charge < -0.3 is 15.8 Å². The van der Waals surface area contributed by atoms with Crippen molar-refractivity contribution in [3.05, 3.63) is 0 Å². The molecule has 0 radical (unpaired) electrons. The lowest BCUT2D eigenvalue weighted by molar-refractivity contribution is -0.146. The fraction of sp³-hybridized carbons (Fsp3) is 0.700. The first-order valence-electron chi connectivity index (χ1n) is 5.29. The van der Waals surface area contributed by atoms with Crippen LogP contribution in [0.4, 0.5) is 0 Å². The van der Waals surface area contributed by atoms with Crippen LogP contribution in [0.25, 0.3) is 0 Å². The molecule has 0 aromatic heterocycles. The number of amides is 2. The monoisotopic (exact) mass is 262 g/mol. The smallest absolute Gasteiger partial charge is 0.328 e. The molecule has 7 heteroatoms. The summed E-state index contributed by atoms with van der Waals surface area (Å²) >= 11 is 1.28. The number of primary amides is 1. The molecule has 1 atom stereocenters. The molecule has 0 aromatic carbocycles. The van der Waals surface area contributed by atoms with Crippen LogP contribution in [0.5, 0.6) is 0 Å². The molecule has 98 valence electrons. The maximum absolute atomic E-state index is 11.4. The molecule has 0 saturated heterocycles. The van der Waals surface area contributed by atoms with Crippen molar-refractivity contribution in [2.24, 2.45) is 5.73 Å². The van der Waals surface area contributed by atoms with Crippen molar-refractivity contribution >= 4 is 29.5 Å². The van der Waals surface area contributed by atoms with Crippen LogP contribution in [0.15, 0.2) is 0 Å². The number of ether oxygens (including phenoxy) is 1. The summed E-state index contributed by atoms with van der Waals surface area (Å²) in [5.74, 6) is -0.422. The Bertz CT molecular complexity index is 283. The second kappa shape index (κ2) is 8.86. The molecule has 1 unspecified atom stereocenters. The third kappa shape index (κ3) is 8.56. The van der Waals surface area contributed by atoms with Gasteiger partial charge in [0.15, 0.2) is 0 Å². The molecule has 0 aromatic rings. The first-order valence-corrected chi connectivity index (χ1v) is 6.44. The summed E-state index contributed by atoms with van der Waals surface area (Å²) in [6.07, 6.45) is 0.238. The Hall–Kier alpha value is -1.24. The first-order chi connectivity index (χ1) is 7.97. The van der Waals surface area contributed by atoms with Crippen molar-refractivity contribution in [3.8, 4) is 0 Å². The summed E-state index contributed by atoms with van der Waals surface area (Å²) < 4.78 is 4.74.